The van der Waals surface area contributed by atoms with Gasteiger partial charge in [0.25, 0.3) is 0 Å². The Kier molecular flexibility index (Phi) is 22.9. The van der Waals surface area contributed by atoms with Gasteiger partial charge in [-0.05, 0) is 13.3 Å². The first-order valence-corrected chi connectivity index (χ1v) is 14.4. The summed E-state index contributed by atoms with van der Waals surface area (Å²) in [5.74, 6) is -1.46. The minimum Gasteiger partial charge on any atom is -0.480 e. The molecule has 1 unspecified atom stereocenters. The molecule has 0 bridgehead atoms. The van der Waals surface area contributed by atoms with E-state index < -0.39 is 26.4 Å². The molecular formula is C25H49NO7P+. The van der Waals surface area contributed by atoms with Gasteiger partial charge in [0.1, 0.15) is 18.8 Å². The molecule has 3 atom stereocenters. The SMILES string of the molecule is CCCCCCCCCCCCCCCCCC(=O)OCCCO[P+](=O)O[C@H](C)[C@H](N)C(=O)O. The number of carboxylic acids is 1. The highest BCUT2D eigenvalue weighted by Gasteiger charge is 2.31. The van der Waals surface area contributed by atoms with E-state index in [0.29, 0.717) is 12.8 Å². The number of carbonyl (C=O) groups excluding carboxylic acids is 1. The molecule has 9 heteroatoms. The Morgan fingerprint density at radius 2 is 1.26 bits per heavy atom. The minimum atomic E-state index is -2.47. The third-order valence-corrected chi connectivity index (χ3v) is 6.67. The van der Waals surface area contributed by atoms with Crippen molar-refractivity contribution >= 4 is 20.2 Å². The molecule has 0 rings (SSSR count). The molecule has 0 spiro atoms. The number of rotatable bonds is 25. The van der Waals surface area contributed by atoms with Gasteiger partial charge < -0.3 is 15.6 Å². The Labute approximate surface area is 207 Å². The summed E-state index contributed by atoms with van der Waals surface area (Å²) < 4.78 is 26.6. The fraction of sp³-hybridized carbons (Fsp3) is 0.920. The van der Waals surface area contributed by atoms with E-state index in [2.05, 4.69) is 6.92 Å². The zero-order valence-corrected chi connectivity index (χ0v) is 22.4. The van der Waals surface area contributed by atoms with Crippen LogP contribution in [0.3, 0.4) is 0 Å². The predicted molar refractivity (Wildman–Crippen MR) is 135 cm³/mol. The lowest BCUT2D eigenvalue weighted by atomic mass is 10.0. The highest BCUT2D eigenvalue weighted by atomic mass is 31.1. The highest BCUT2D eigenvalue weighted by Crippen LogP contribution is 2.27. The number of hydrogen-bond donors (Lipinski definition) is 2. The molecule has 0 saturated heterocycles. The lowest BCUT2D eigenvalue weighted by Gasteiger charge is -2.08. The molecule has 0 heterocycles. The molecule has 3 N–H and O–H groups in total. The van der Waals surface area contributed by atoms with Crippen molar-refractivity contribution in [3.05, 3.63) is 0 Å². The molecule has 200 valence electrons. The number of esters is 1. The van der Waals surface area contributed by atoms with E-state index >= 15 is 0 Å². The van der Waals surface area contributed by atoms with Crippen LogP contribution in [-0.2, 0) is 27.9 Å². The summed E-state index contributed by atoms with van der Waals surface area (Å²) in [5, 5.41) is 8.76. The number of aliphatic carboxylic acids is 1. The van der Waals surface area contributed by atoms with Gasteiger partial charge in [0, 0.05) is 17.4 Å². The summed E-state index contributed by atoms with van der Waals surface area (Å²) in [7, 11) is -2.47. The van der Waals surface area contributed by atoms with Gasteiger partial charge >= 0.3 is 20.2 Å². The zero-order chi connectivity index (χ0) is 25.4. The second-order valence-corrected chi connectivity index (χ2v) is 9.92. The highest BCUT2D eigenvalue weighted by molar-refractivity contribution is 7.33. The minimum absolute atomic E-state index is 0.0798. The van der Waals surface area contributed by atoms with Crippen LogP contribution in [0.2, 0.25) is 0 Å². The van der Waals surface area contributed by atoms with E-state index in [1.165, 1.54) is 84.0 Å². The lowest BCUT2D eigenvalue weighted by molar-refractivity contribution is -0.144. The molecule has 0 saturated carbocycles. The standard InChI is InChI=1S/C25H48NO7P/c1-3-4-5-6-7-8-9-10-11-12-13-14-15-16-17-19-23(27)31-20-18-21-32-34(30)33-22(2)24(26)25(28)29/h22,24H,3-21,26H2,1-2H3/p+1/t22-,24+/m1/s1. The number of nitrogens with two attached hydrogens (primary N) is 1. The third-order valence-electron chi connectivity index (χ3n) is 5.78. The topological polar surface area (TPSA) is 125 Å². The molecule has 0 aliphatic rings. The van der Waals surface area contributed by atoms with Crippen molar-refractivity contribution in [3.63, 3.8) is 0 Å². The molecule has 0 aromatic heterocycles. The van der Waals surface area contributed by atoms with E-state index in [-0.39, 0.29) is 19.2 Å². The van der Waals surface area contributed by atoms with Crippen LogP contribution in [-0.4, -0.2) is 42.4 Å². The number of carbonyl (C=O) groups is 2. The Bertz CT molecular complexity index is 533. The van der Waals surface area contributed by atoms with Gasteiger partial charge in [0.05, 0.1) is 6.61 Å². The van der Waals surface area contributed by atoms with E-state index in [1.54, 1.807) is 0 Å². The van der Waals surface area contributed by atoms with Crippen LogP contribution in [0.5, 0.6) is 0 Å². The molecule has 8 nitrogen and oxygen atoms in total. The Morgan fingerprint density at radius 3 is 1.74 bits per heavy atom. The largest absolute Gasteiger partial charge is 0.697 e. The Hall–Kier alpha value is -1.08. The average molecular weight is 507 g/mol. The van der Waals surface area contributed by atoms with Crippen LogP contribution in [0.1, 0.15) is 123 Å². The van der Waals surface area contributed by atoms with Crippen LogP contribution < -0.4 is 5.73 Å². The van der Waals surface area contributed by atoms with Crippen molar-refractivity contribution in [2.24, 2.45) is 5.73 Å². The second-order valence-electron chi connectivity index (χ2n) is 9.01. The van der Waals surface area contributed by atoms with Crippen LogP contribution >= 0.6 is 8.25 Å². The Balaban J connectivity index is 3.38. The van der Waals surface area contributed by atoms with Crippen molar-refractivity contribution in [1.29, 1.82) is 0 Å². The number of unbranched alkanes of at least 4 members (excludes halogenated alkanes) is 14. The fourth-order valence-corrected chi connectivity index (χ4v) is 4.27. The summed E-state index contributed by atoms with van der Waals surface area (Å²) in [6.45, 7) is 3.93. The molecule has 0 radical (unpaired) electrons. The van der Waals surface area contributed by atoms with Gasteiger partial charge in [0.2, 0.25) is 0 Å². The molecule has 0 aromatic rings. The number of hydrogen-bond acceptors (Lipinski definition) is 7. The summed E-state index contributed by atoms with van der Waals surface area (Å²) in [6.07, 6.45) is 19.2. The normalized spacial score (nSPS) is 13.4. The van der Waals surface area contributed by atoms with Crippen LogP contribution in [0.15, 0.2) is 0 Å². The first kappa shape index (κ1) is 32.9. The van der Waals surface area contributed by atoms with Crippen molar-refractivity contribution in [3.8, 4) is 0 Å². The molecule has 0 amide bonds. The maximum Gasteiger partial charge on any atom is 0.697 e. The third kappa shape index (κ3) is 21.5. The summed E-state index contributed by atoms with van der Waals surface area (Å²) >= 11 is 0. The molecule has 0 aliphatic heterocycles. The molecule has 0 aromatic carbocycles. The van der Waals surface area contributed by atoms with Crippen molar-refractivity contribution < 1.29 is 33.0 Å². The van der Waals surface area contributed by atoms with Crippen molar-refractivity contribution in [1.82, 2.24) is 0 Å². The van der Waals surface area contributed by atoms with Crippen LogP contribution in [0.25, 0.3) is 0 Å². The Morgan fingerprint density at radius 1 is 0.794 bits per heavy atom. The first-order chi connectivity index (χ1) is 16.4. The van der Waals surface area contributed by atoms with E-state index in [0.717, 1.165) is 19.3 Å². The molecule has 0 fully saturated rings. The number of carboxylic acid groups (broad SMARTS) is 1. The van der Waals surface area contributed by atoms with Gasteiger partial charge in [-0.2, -0.15) is 0 Å². The summed E-state index contributed by atoms with van der Waals surface area (Å²) in [5.41, 5.74) is 5.37. The quantitative estimate of drug-likeness (QED) is 0.0798. The van der Waals surface area contributed by atoms with Crippen LogP contribution in [0.4, 0.5) is 0 Å². The first-order valence-electron chi connectivity index (χ1n) is 13.3. The summed E-state index contributed by atoms with van der Waals surface area (Å²) in [6, 6.07) is -1.27. The van der Waals surface area contributed by atoms with Crippen LogP contribution in [0, 0.1) is 0 Å². The van der Waals surface area contributed by atoms with Crippen molar-refractivity contribution in [2.75, 3.05) is 13.2 Å². The maximum absolute atomic E-state index is 11.7. The van der Waals surface area contributed by atoms with Gasteiger partial charge in [-0.15, -0.1) is 9.05 Å². The molecule has 34 heavy (non-hydrogen) atoms. The molecular weight excluding hydrogens is 457 g/mol. The maximum atomic E-state index is 11.7. The summed E-state index contributed by atoms with van der Waals surface area (Å²) in [4.78, 5) is 22.5. The monoisotopic (exact) mass is 506 g/mol. The fourth-order valence-electron chi connectivity index (χ4n) is 3.53. The van der Waals surface area contributed by atoms with E-state index in [4.69, 9.17) is 24.6 Å². The van der Waals surface area contributed by atoms with Gasteiger partial charge in [0.15, 0.2) is 0 Å². The van der Waals surface area contributed by atoms with Crippen molar-refractivity contribution in [2.45, 2.75) is 135 Å². The zero-order valence-electron chi connectivity index (χ0n) is 21.5. The average Bonchev–Trinajstić information content (AvgIpc) is 2.80. The van der Waals surface area contributed by atoms with Gasteiger partial charge in [-0.25, -0.2) is 0 Å². The molecule has 0 aliphatic carbocycles. The van der Waals surface area contributed by atoms with E-state index in [1.807, 2.05) is 0 Å². The lowest BCUT2D eigenvalue weighted by Crippen LogP contribution is -2.40. The van der Waals surface area contributed by atoms with Gasteiger partial charge in [-0.3, -0.25) is 9.59 Å². The van der Waals surface area contributed by atoms with Gasteiger partial charge in [-0.1, -0.05) is 96.8 Å². The smallest absolute Gasteiger partial charge is 0.480 e. The number of ether oxygens (including phenoxy) is 1. The second kappa shape index (κ2) is 23.7. The predicted octanol–water partition coefficient (Wildman–Crippen LogP) is 6.67. The van der Waals surface area contributed by atoms with E-state index in [9.17, 15) is 14.2 Å².